The summed E-state index contributed by atoms with van der Waals surface area (Å²) in [6, 6.07) is 22.7. The summed E-state index contributed by atoms with van der Waals surface area (Å²) in [5.41, 5.74) is 3.53. The monoisotopic (exact) mass is 443 g/mol. The molecule has 0 aromatic heterocycles. The zero-order chi connectivity index (χ0) is 23.2. The Balaban J connectivity index is 1.34. The van der Waals surface area contributed by atoms with Crippen LogP contribution in [0.3, 0.4) is 0 Å². The fraction of sp³-hybridized carbons (Fsp3) is 0.259. The van der Waals surface area contributed by atoms with Crippen LogP contribution < -0.4 is 10.1 Å². The summed E-state index contributed by atoms with van der Waals surface area (Å²) in [7, 11) is 0. The van der Waals surface area contributed by atoms with Gasteiger partial charge >= 0.3 is 0 Å². The van der Waals surface area contributed by atoms with Gasteiger partial charge in [-0.3, -0.25) is 14.5 Å². The van der Waals surface area contributed by atoms with Crippen LogP contribution in [-0.2, 0) is 4.79 Å². The number of carbonyl (C=O) groups excluding carboxylic acids is 2. The number of para-hydroxylation sites is 3. The molecular weight excluding hydrogens is 414 g/mol. The fourth-order valence-corrected chi connectivity index (χ4v) is 4.02. The molecule has 1 heterocycles. The Kier molecular flexibility index (Phi) is 7.05. The van der Waals surface area contributed by atoms with Crippen LogP contribution in [0.2, 0.25) is 0 Å². The van der Waals surface area contributed by atoms with Crippen molar-refractivity contribution in [3.8, 4) is 11.5 Å². The minimum Gasteiger partial charge on any atom is -0.457 e. The Morgan fingerprint density at radius 3 is 2.15 bits per heavy atom. The van der Waals surface area contributed by atoms with E-state index in [0.717, 1.165) is 16.8 Å². The molecule has 1 saturated heterocycles. The molecule has 0 unspecified atom stereocenters. The molecule has 3 aromatic rings. The zero-order valence-electron chi connectivity index (χ0n) is 19.1. The van der Waals surface area contributed by atoms with E-state index in [1.807, 2.05) is 85.5 Å². The number of amides is 2. The quantitative estimate of drug-likeness (QED) is 0.610. The first kappa shape index (κ1) is 22.6. The van der Waals surface area contributed by atoms with E-state index in [1.54, 1.807) is 6.07 Å². The summed E-state index contributed by atoms with van der Waals surface area (Å²) in [5.74, 6) is 1.15. The van der Waals surface area contributed by atoms with E-state index in [4.69, 9.17) is 4.74 Å². The lowest BCUT2D eigenvalue weighted by Gasteiger charge is -2.34. The second kappa shape index (κ2) is 10.3. The Bertz CT molecular complexity index is 1100. The van der Waals surface area contributed by atoms with E-state index in [9.17, 15) is 9.59 Å². The Morgan fingerprint density at radius 2 is 1.45 bits per heavy atom. The van der Waals surface area contributed by atoms with Gasteiger partial charge in [-0.25, -0.2) is 0 Å². The van der Waals surface area contributed by atoms with Crippen molar-refractivity contribution in [2.45, 2.75) is 13.8 Å². The maximum Gasteiger partial charge on any atom is 0.257 e. The molecule has 2 amide bonds. The van der Waals surface area contributed by atoms with E-state index in [1.165, 1.54) is 0 Å². The smallest absolute Gasteiger partial charge is 0.257 e. The number of carbonyl (C=O) groups is 2. The highest BCUT2D eigenvalue weighted by molar-refractivity contribution is 5.97. The van der Waals surface area contributed by atoms with Gasteiger partial charge in [0.05, 0.1) is 12.1 Å². The first-order chi connectivity index (χ1) is 16.0. The van der Waals surface area contributed by atoms with Crippen molar-refractivity contribution in [3.63, 3.8) is 0 Å². The van der Waals surface area contributed by atoms with Gasteiger partial charge in [0.1, 0.15) is 11.5 Å². The molecule has 1 aliphatic heterocycles. The highest BCUT2D eigenvalue weighted by atomic mass is 16.5. The van der Waals surface area contributed by atoms with Gasteiger partial charge in [0, 0.05) is 31.9 Å². The number of aryl methyl sites for hydroxylation is 2. The van der Waals surface area contributed by atoms with Crippen LogP contribution in [0, 0.1) is 13.8 Å². The molecule has 1 fully saturated rings. The predicted octanol–water partition coefficient (Wildman–Crippen LogP) is 4.49. The summed E-state index contributed by atoms with van der Waals surface area (Å²) in [4.78, 5) is 29.7. The Labute approximate surface area is 194 Å². The average molecular weight is 444 g/mol. The Hall–Kier alpha value is -3.64. The highest BCUT2D eigenvalue weighted by Crippen LogP contribution is 2.26. The minimum atomic E-state index is -0.0545. The molecule has 1 N–H and O–H groups in total. The summed E-state index contributed by atoms with van der Waals surface area (Å²) in [6.45, 7) is 6.72. The second-order valence-electron chi connectivity index (χ2n) is 8.29. The molecule has 0 bridgehead atoms. The number of nitrogens with one attached hydrogen (secondary N) is 1. The van der Waals surface area contributed by atoms with Crippen molar-refractivity contribution >= 4 is 17.5 Å². The van der Waals surface area contributed by atoms with Crippen LogP contribution in [-0.4, -0.2) is 54.3 Å². The summed E-state index contributed by atoms with van der Waals surface area (Å²) in [6.07, 6.45) is 0. The SMILES string of the molecule is Cc1cccc(C)c1NC(=O)CN1CCN(C(=O)c2ccccc2Oc2ccccc2)CC1. The minimum absolute atomic E-state index is 0.0335. The maximum absolute atomic E-state index is 13.2. The molecule has 0 radical (unpaired) electrons. The van der Waals surface area contributed by atoms with E-state index < -0.39 is 0 Å². The van der Waals surface area contributed by atoms with Gasteiger partial charge in [-0.05, 0) is 49.2 Å². The number of rotatable bonds is 6. The van der Waals surface area contributed by atoms with Gasteiger partial charge in [-0.15, -0.1) is 0 Å². The number of piperazine rings is 1. The van der Waals surface area contributed by atoms with Crippen LogP contribution in [0.25, 0.3) is 0 Å². The number of hydrogen-bond acceptors (Lipinski definition) is 4. The van der Waals surface area contributed by atoms with Crippen molar-refractivity contribution in [2.24, 2.45) is 0 Å². The van der Waals surface area contributed by atoms with E-state index in [-0.39, 0.29) is 11.8 Å². The third-order valence-corrected chi connectivity index (χ3v) is 5.86. The van der Waals surface area contributed by atoms with Gasteiger partial charge in [-0.2, -0.15) is 0 Å². The maximum atomic E-state index is 13.2. The normalized spacial score (nSPS) is 14.1. The van der Waals surface area contributed by atoms with Crippen LogP contribution >= 0.6 is 0 Å². The summed E-state index contributed by atoms with van der Waals surface area (Å²) in [5, 5.41) is 3.04. The first-order valence-corrected chi connectivity index (χ1v) is 11.2. The molecule has 0 spiro atoms. The van der Waals surface area contributed by atoms with Gasteiger partial charge in [-0.1, -0.05) is 48.5 Å². The summed E-state index contributed by atoms with van der Waals surface area (Å²) < 4.78 is 5.96. The molecule has 0 saturated carbocycles. The lowest BCUT2D eigenvalue weighted by Crippen LogP contribution is -2.50. The van der Waals surface area contributed by atoms with Gasteiger partial charge in [0.15, 0.2) is 0 Å². The number of nitrogens with zero attached hydrogens (tertiary/aromatic N) is 2. The first-order valence-electron chi connectivity index (χ1n) is 11.2. The lowest BCUT2D eigenvalue weighted by atomic mass is 10.1. The third kappa shape index (κ3) is 5.59. The fourth-order valence-electron chi connectivity index (χ4n) is 4.02. The number of anilines is 1. The van der Waals surface area contributed by atoms with Gasteiger partial charge < -0.3 is 15.0 Å². The van der Waals surface area contributed by atoms with Crippen molar-refractivity contribution in [3.05, 3.63) is 89.5 Å². The highest BCUT2D eigenvalue weighted by Gasteiger charge is 2.25. The third-order valence-electron chi connectivity index (χ3n) is 5.86. The lowest BCUT2D eigenvalue weighted by molar-refractivity contribution is -0.117. The van der Waals surface area contributed by atoms with E-state index in [2.05, 4.69) is 10.2 Å². The second-order valence-corrected chi connectivity index (χ2v) is 8.29. The topological polar surface area (TPSA) is 61.9 Å². The van der Waals surface area contributed by atoms with Crippen LogP contribution in [0.1, 0.15) is 21.5 Å². The molecular formula is C27H29N3O3. The van der Waals surface area contributed by atoms with Crippen molar-refractivity contribution in [1.29, 1.82) is 0 Å². The largest absolute Gasteiger partial charge is 0.457 e. The number of ether oxygens (including phenoxy) is 1. The van der Waals surface area contributed by atoms with E-state index in [0.29, 0.717) is 49.8 Å². The molecule has 0 atom stereocenters. The summed E-state index contributed by atoms with van der Waals surface area (Å²) >= 11 is 0. The molecule has 33 heavy (non-hydrogen) atoms. The van der Waals surface area contributed by atoms with Gasteiger partial charge in [0.2, 0.25) is 5.91 Å². The molecule has 4 rings (SSSR count). The standard InChI is InChI=1S/C27H29N3O3/c1-20-9-8-10-21(2)26(20)28-25(31)19-29-15-17-30(18-16-29)27(32)23-13-6-7-14-24(23)33-22-11-4-3-5-12-22/h3-14H,15-19H2,1-2H3,(H,28,31). The predicted molar refractivity (Wildman–Crippen MR) is 130 cm³/mol. The van der Waals surface area contributed by atoms with Crippen LogP contribution in [0.4, 0.5) is 5.69 Å². The number of benzene rings is 3. The van der Waals surface area contributed by atoms with Crippen LogP contribution in [0.15, 0.2) is 72.8 Å². The zero-order valence-corrected chi connectivity index (χ0v) is 19.1. The molecule has 6 heteroatoms. The molecule has 3 aromatic carbocycles. The average Bonchev–Trinajstić information content (AvgIpc) is 2.83. The van der Waals surface area contributed by atoms with Gasteiger partial charge in [0.25, 0.3) is 5.91 Å². The molecule has 170 valence electrons. The van der Waals surface area contributed by atoms with Crippen molar-refractivity contribution in [2.75, 3.05) is 38.0 Å². The Morgan fingerprint density at radius 1 is 0.818 bits per heavy atom. The number of hydrogen-bond donors (Lipinski definition) is 1. The molecule has 0 aliphatic carbocycles. The van der Waals surface area contributed by atoms with Crippen LogP contribution in [0.5, 0.6) is 11.5 Å². The van der Waals surface area contributed by atoms with E-state index >= 15 is 0 Å². The van der Waals surface area contributed by atoms with Crippen molar-refractivity contribution < 1.29 is 14.3 Å². The molecule has 1 aliphatic rings. The van der Waals surface area contributed by atoms with Crippen molar-refractivity contribution in [1.82, 2.24) is 9.80 Å². The molecule has 6 nitrogen and oxygen atoms in total.